The van der Waals surface area contributed by atoms with Crippen LogP contribution in [0.4, 0.5) is 5.69 Å². The van der Waals surface area contributed by atoms with Crippen LogP contribution in [0.5, 0.6) is 0 Å². The van der Waals surface area contributed by atoms with Gasteiger partial charge in [0.25, 0.3) is 0 Å². The second kappa shape index (κ2) is 12.1. The number of carbonyl (C=O) groups excluding carboxylic acids is 2. The standard InChI is InChI=1S/C21H34N4O5S/c1-17-8-9-18(31(28,29)25-11-5-4-6-12-25)14-19(17)23-21(27)16-24(2)15-20(26)22-10-7-13-30-3/h8-9,14H,4-7,10-13,15-16H2,1-3H3,(H,22,26)(H,23,27). The maximum Gasteiger partial charge on any atom is 0.243 e. The van der Waals surface area contributed by atoms with Crippen LogP contribution in [-0.4, -0.2) is 82.9 Å². The summed E-state index contributed by atoms with van der Waals surface area (Å²) in [4.78, 5) is 26.2. The lowest BCUT2D eigenvalue weighted by Crippen LogP contribution is -2.39. The van der Waals surface area contributed by atoms with E-state index in [0.717, 1.165) is 31.2 Å². The van der Waals surface area contributed by atoms with Crippen molar-refractivity contribution in [2.24, 2.45) is 0 Å². The summed E-state index contributed by atoms with van der Waals surface area (Å²) in [6.45, 7) is 4.04. The SMILES string of the molecule is COCCCNC(=O)CN(C)CC(=O)Nc1cc(S(=O)(=O)N2CCCCC2)ccc1C. The van der Waals surface area contributed by atoms with Crippen LogP contribution in [0.2, 0.25) is 0 Å². The van der Waals surface area contributed by atoms with E-state index in [1.165, 1.54) is 10.4 Å². The number of rotatable bonds is 11. The molecule has 1 aromatic carbocycles. The minimum absolute atomic E-state index is 0.00797. The van der Waals surface area contributed by atoms with Gasteiger partial charge >= 0.3 is 0 Å². The summed E-state index contributed by atoms with van der Waals surface area (Å²) in [5.74, 6) is -0.484. The first-order valence-electron chi connectivity index (χ1n) is 10.6. The Bertz CT molecular complexity index is 853. The molecule has 9 nitrogen and oxygen atoms in total. The highest BCUT2D eigenvalue weighted by molar-refractivity contribution is 7.89. The number of aryl methyl sites for hydroxylation is 1. The number of hydrogen-bond acceptors (Lipinski definition) is 6. The molecule has 1 saturated heterocycles. The van der Waals surface area contributed by atoms with Gasteiger partial charge in [0.05, 0.1) is 18.0 Å². The normalized spacial score (nSPS) is 15.1. The minimum Gasteiger partial charge on any atom is -0.385 e. The molecule has 2 rings (SSSR count). The fourth-order valence-corrected chi connectivity index (χ4v) is 4.93. The number of nitrogens with zero attached hydrogens (tertiary/aromatic N) is 2. The summed E-state index contributed by atoms with van der Waals surface area (Å²) in [5.41, 5.74) is 1.23. The number of hydrogen-bond donors (Lipinski definition) is 2. The smallest absolute Gasteiger partial charge is 0.243 e. The van der Waals surface area contributed by atoms with Gasteiger partial charge in [-0.15, -0.1) is 0 Å². The predicted octanol–water partition coefficient (Wildman–Crippen LogP) is 1.19. The molecule has 0 atom stereocenters. The number of likely N-dealkylation sites (N-methyl/N-ethyl adjacent to an activating group) is 1. The molecule has 0 aromatic heterocycles. The number of methoxy groups -OCH3 is 1. The monoisotopic (exact) mass is 454 g/mol. The molecule has 1 aliphatic heterocycles. The Labute approximate surface area is 185 Å². The molecule has 0 bridgehead atoms. The zero-order valence-corrected chi connectivity index (χ0v) is 19.5. The van der Waals surface area contributed by atoms with Crippen LogP contribution < -0.4 is 10.6 Å². The second-order valence-electron chi connectivity index (χ2n) is 7.86. The van der Waals surface area contributed by atoms with Crippen LogP contribution in [0.1, 0.15) is 31.2 Å². The summed E-state index contributed by atoms with van der Waals surface area (Å²) >= 11 is 0. The summed E-state index contributed by atoms with van der Waals surface area (Å²) in [6, 6.07) is 4.79. The Hall–Kier alpha value is -2.01. The number of anilines is 1. The van der Waals surface area contributed by atoms with Crippen molar-refractivity contribution >= 4 is 27.5 Å². The number of nitrogens with one attached hydrogen (secondary N) is 2. The number of piperidine rings is 1. The average molecular weight is 455 g/mol. The molecular formula is C21H34N4O5S. The van der Waals surface area contributed by atoms with Crippen LogP contribution in [0.25, 0.3) is 0 Å². The summed E-state index contributed by atoms with van der Waals surface area (Å²) in [6.07, 6.45) is 3.49. The fourth-order valence-electron chi connectivity index (χ4n) is 3.39. The third-order valence-electron chi connectivity index (χ3n) is 5.11. The highest BCUT2D eigenvalue weighted by Gasteiger charge is 2.26. The fraction of sp³-hybridized carbons (Fsp3) is 0.619. The molecule has 0 radical (unpaired) electrons. The van der Waals surface area contributed by atoms with Gasteiger partial charge in [-0.3, -0.25) is 14.5 Å². The predicted molar refractivity (Wildman–Crippen MR) is 119 cm³/mol. The Kier molecular flexibility index (Phi) is 9.89. The van der Waals surface area contributed by atoms with Crippen LogP contribution in [0.3, 0.4) is 0 Å². The molecule has 0 aliphatic carbocycles. The Morgan fingerprint density at radius 2 is 1.81 bits per heavy atom. The van der Waals surface area contributed by atoms with Gasteiger partial charge in [0.15, 0.2) is 0 Å². The van der Waals surface area contributed by atoms with Gasteiger partial charge in [-0.2, -0.15) is 4.31 Å². The van der Waals surface area contributed by atoms with Crippen molar-refractivity contribution in [3.8, 4) is 0 Å². The maximum absolute atomic E-state index is 12.9. The van der Waals surface area contributed by atoms with Crippen molar-refractivity contribution < 1.29 is 22.7 Å². The lowest BCUT2D eigenvalue weighted by atomic mass is 10.2. The molecule has 0 spiro atoms. The molecule has 0 saturated carbocycles. The van der Waals surface area contributed by atoms with Gasteiger partial charge in [0, 0.05) is 39.0 Å². The highest BCUT2D eigenvalue weighted by Crippen LogP contribution is 2.25. The van der Waals surface area contributed by atoms with Crippen molar-refractivity contribution in [1.82, 2.24) is 14.5 Å². The minimum atomic E-state index is -3.58. The van der Waals surface area contributed by atoms with Crippen molar-refractivity contribution in [2.75, 3.05) is 58.8 Å². The Balaban J connectivity index is 1.93. The number of sulfonamides is 1. The molecule has 1 fully saturated rings. The molecule has 31 heavy (non-hydrogen) atoms. The van der Waals surface area contributed by atoms with Gasteiger partial charge < -0.3 is 15.4 Å². The van der Waals surface area contributed by atoms with E-state index >= 15 is 0 Å². The zero-order chi connectivity index (χ0) is 22.9. The molecule has 2 amide bonds. The number of benzene rings is 1. The number of amides is 2. The van der Waals surface area contributed by atoms with Crippen molar-refractivity contribution in [1.29, 1.82) is 0 Å². The van der Waals surface area contributed by atoms with Crippen molar-refractivity contribution in [2.45, 2.75) is 37.5 Å². The molecule has 1 aromatic rings. The van der Waals surface area contributed by atoms with Crippen molar-refractivity contribution in [3.05, 3.63) is 23.8 Å². The molecule has 10 heteroatoms. The van der Waals surface area contributed by atoms with Gasteiger partial charge in [-0.05, 0) is 50.9 Å². The van der Waals surface area contributed by atoms with E-state index in [-0.39, 0.29) is 29.8 Å². The molecule has 2 N–H and O–H groups in total. The molecule has 174 valence electrons. The van der Waals surface area contributed by atoms with Crippen LogP contribution in [-0.2, 0) is 24.3 Å². The van der Waals surface area contributed by atoms with Crippen LogP contribution >= 0.6 is 0 Å². The van der Waals surface area contributed by atoms with E-state index < -0.39 is 10.0 Å². The second-order valence-corrected chi connectivity index (χ2v) is 9.80. The first-order chi connectivity index (χ1) is 14.7. The first kappa shape index (κ1) is 25.3. The number of ether oxygens (including phenoxy) is 1. The summed E-state index contributed by atoms with van der Waals surface area (Å²) in [5, 5.41) is 5.55. The molecule has 1 aliphatic rings. The topological polar surface area (TPSA) is 108 Å². The molecular weight excluding hydrogens is 420 g/mol. The van der Waals surface area contributed by atoms with E-state index in [9.17, 15) is 18.0 Å². The quantitative estimate of drug-likeness (QED) is 0.487. The van der Waals surface area contributed by atoms with Crippen LogP contribution in [0, 0.1) is 6.92 Å². The zero-order valence-electron chi connectivity index (χ0n) is 18.6. The third kappa shape index (κ3) is 7.88. The average Bonchev–Trinajstić information content (AvgIpc) is 2.73. The number of carbonyl (C=O) groups is 2. The highest BCUT2D eigenvalue weighted by atomic mass is 32.2. The van der Waals surface area contributed by atoms with Gasteiger partial charge in [-0.25, -0.2) is 8.42 Å². The Morgan fingerprint density at radius 3 is 2.48 bits per heavy atom. The molecule has 1 heterocycles. The van der Waals surface area contributed by atoms with Gasteiger partial charge in [0.2, 0.25) is 21.8 Å². The Morgan fingerprint density at radius 1 is 1.13 bits per heavy atom. The lowest BCUT2D eigenvalue weighted by Gasteiger charge is -2.26. The first-order valence-corrected chi connectivity index (χ1v) is 12.0. The summed E-state index contributed by atoms with van der Waals surface area (Å²) < 4.78 is 32.3. The lowest BCUT2D eigenvalue weighted by molar-refractivity contribution is -0.123. The third-order valence-corrected chi connectivity index (χ3v) is 7.01. The molecule has 0 unspecified atom stereocenters. The summed E-state index contributed by atoms with van der Waals surface area (Å²) in [7, 11) is -0.295. The van der Waals surface area contributed by atoms with E-state index in [4.69, 9.17) is 4.74 Å². The van der Waals surface area contributed by atoms with E-state index in [0.29, 0.717) is 31.9 Å². The maximum atomic E-state index is 12.9. The van der Waals surface area contributed by atoms with E-state index in [2.05, 4.69) is 10.6 Å². The van der Waals surface area contributed by atoms with Gasteiger partial charge in [-0.1, -0.05) is 12.5 Å². The van der Waals surface area contributed by atoms with E-state index in [1.54, 1.807) is 31.2 Å². The largest absolute Gasteiger partial charge is 0.385 e. The van der Waals surface area contributed by atoms with E-state index in [1.807, 2.05) is 6.92 Å². The van der Waals surface area contributed by atoms with Crippen LogP contribution in [0.15, 0.2) is 23.1 Å². The van der Waals surface area contributed by atoms with Gasteiger partial charge in [0.1, 0.15) is 0 Å². The van der Waals surface area contributed by atoms with Crippen molar-refractivity contribution in [3.63, 3.8) is 0 Å².